The molecule has 1 aromatic heterocycles. The summed E-state index contributed by atoms with van der Waals surface area (Å²) in [7, 11) is 0. The van der Waals surface area contributed by atoms with Gasteiger partial charge in [-0.15, -0.1) is 10.2 Å². The Bertz CT molecular complexity index is 583. The number of carbonyl (C=O) groups excluding carboxylic acids is 2. The van der Waals surface area contributed by atoms with E-state index in [0.29, 0.717) is 19.5 Å². The molecule has 1 saturated heterocycles. The van der Waals surface area contributed by atoms with Crippen molar-refractivity contribution in [2.45, 2.75) is 58.5 Å². The van der Waals surface area contributed by atoms with Gasteiger partial charge in [0.15, 0.2) is 5.82 Å². The number of carbonyl (C=O) groups is 2. The van der Waals surface area contributed by atoms with Crippen LogP contribution in [0.15, 0.2) is 0 Å². The summed E-state index contributed by atoms with van der Waals surface area (Å²) in [5.74, 6) is 1.91. The van der Waals surface area contributed by atoms with Gasteiger partial charge in [0.1, 0.15) is 5.82 Å². The second-order valence-corrected chi connectivity index (χ2v) is 6.39. The van der Waals surface area contributed by atoms with Crippen LogP contribution in [0.5, 0.6) is 0 Å². The van der Waals surface area contributed by atoms with Crippen LogP contribution in [-0.2, 0) is 29.1 Å². The SMILES string of the molecule is CCC(=O)N1CCC[C@@H](C(=O)NCc2nnc3n2CCCC3)C1. The number of piperidine rings is 1. The van der Waals surface area contributed by atoms with Crippen LogP contribution in [0.1, 0.15) is 50.7 Å². The number of aryl methyl sites for hydroxylation is 1. The van der Waals surface area contributed by atoms with E-state index in [1.54, 1.807) is 0 Å². The normalized spacial score (nSPS) is 20.9. The highest BCUT2D eigenvalue weighted by Gasteiger charge is 2.28. The third-order valence-corrected chi connectivity index (χ3v) is 4.80. The van der Waals surface area contributed by atoms with Gasteiger partial charge < -0.3 is 14.8 Å². The smallest absolute Gasteiger partial charge is 0.225 e. The summed E-state index contributed by atoms with van der Waals surface area (Å²) in [5.41, 5.74) is 0. The maximum atomic E-state index is 12.4. The number of hydrogen-bond donors (Lipinski definition) is 1. The van der Waals surface area contributed by atoms with Crippen molar-refractivity contribution in [3.8, 4) is 0 Å². The maximum Gasteiger partial charge on any atom is 0.225 e. The maximum absolute atomic E-state index is 12.4. The molecule has 2 amide bonds. The fraction of sp³-hybridized carbons (Fsp3) is 0.750. The molecule has 3 heterocycles. The van der Waals surface area contributed by atoms with Crippen molar-refractivity contribution in [1.82, 2.24) is 25.0 Å². The summed E-state index contributed by atoms with van der Waals surface area (Å²) in [6.07, 6.45) is 5.51. The van der Waals surface area contributed by atoms with Crippen molar-refractivity contribution >= 4 is 11.8 Å². The Labute approximate surface area is 136 Å². The third-order valence-electron chi connectivity index (χ3n) is 4.80. The second kappa shape index (κ2) is 7.10. The molecule has 7 heteroatoms. The number of likely N-dealkylation sites (tertiary alicyclic amines) is 1. The summed E-state index contributed by atoms with van der Waals surface area (Å²) < 4.78 is 2.12. The van der Waals surface area contributed by atoms with E-state index in [2.05, 4.69) is 20.1 Å². The molecule has 2 aliphatic rings. The van der Waals surface area contributed by atoms with Crippen LogP contribution < -0.4 is 5.32 Å². The Morgan fingerprint density at radius 3 is 2.91 bits per heavy atom. The Morgan fingerprint density at radius 1 is 1.22 bits per heavy atom. The van der Waals surface area contributed by atoms with Crippen LogP contribution >= 0.6 is 0 Å². The van der Waals surface area contributed by atoms with Crippen LogP contribution in [-0.4, -0.2) is 44.6 Å². The number of amides is 2. The van der Waals surface area contributed by atoms with Crippen LogP contribution in [0.4, 0.5) is 0 Å². The van der Waals surface area contributed by atoms with E-state index in [-0.39, 0.29) is 17.7 Å². The lowest BCUT2D eigenvalue weighted by atomic mass is 9.97. The van der Waals surface area contributed by atoms with E-state index in [1.165, 1.54) is 0 Å². The van der Waals surface area contributed by atoms with Crippen LogP contribution in [0.25, 0.3) is 0 Å². The number of aromatic nitrogens is 3. The zero-order valence-electron chi connectivity index (χ0n) is 13.8. The van der Waals surface area contributed by atoms with E-state index in [9.17, 15) is 9.59 Å². The second-order valence-electron chi connectivity index (χ2n) is 6.39. The third kappa shape index (κ3) is 3.54. The van der Waals surface area contributed by atoms with Crippen molar-refractivity contribution in [1.29, 1.82) is 0 Å². The van der Waals surface area contributed by atoms with E-state index in [0.717, 1.165) is 56.8 Å². The van der Waals surface area contributed by atoms with Crippen molar-refractivity contribution in [3.05, 3.63) is 11.6 Å². The largest absolute Gasteiger partial charge is 0.348 e. The molecule has 0 aliphatic carbocycles. The minimum absolute atomic E-state index is 0.0202. The predicted octanol–water partition coefficient (Wildman–Crippen LogP) is 0.879. The lowest BCUT2D eigenvalue weighted by Gasteiger charge is -2.31. The lowest BCUT2D eigenvalue weighted by Crippen LogP contribution is -2.45. The molecule has 23 heavy (non-hydrogen) atoms. The van der Waals surface area contributed by atoms with E-state index < -0.39 is 0 Å². The molecule has 0 bridgehead atoms. The lowest BCUT2D eigenvalue weighted by molar-refractivity contribution is -0.135. The van der Waals surface area contributed by atoms with E-state index in [1.807, 2.05) is 11.8 Å². The zero-order valence-corrected chi connectivity index (χ0v) is 13.8. The molecule has 1 N–H and O–H groups in total. The van der Waals surface area contributed by atoms with Gasteiger partial charge in [-0.05, 0) is 25.7 Å². The Hall–Kier alpha value is -1.92. The first-order valence-electron chi connectivity index (χ1n) is 8.65. The van der Waals surface area contributed by atoms with Crippen LogP contribution in [0.3, 0.4) is 0 Å². The first-order valence-corrected chi connectivity index (χ1v) is 8.65. The highest BCUT2D eigenvalue weighted by molar-refractivity contribution is 5.81. The molecule has 7 nitrogen and oxygen atoms in total. The average Bonchev–Trinajstić information content (AvgIpc) is 3.02. The van der Waals surface area contributed by atoms with Gasteiger partial charge in [-0.1, -0.05) is 6.92 Å². The highest BCUT2D eigenvalue weighted by atomic mass is 16.2. The van der Waals surface area contributed by atoms with Gasteiger partial charge in [-0.3, -0.25) is 9.59 Å². The fourth-order valence-corrected chi connectivity index (χ4v) is 3.45. The van der Waals surface area contributed by atoms with Gasteiger partial charge in [0.2, 0.25) is 11.8 Å². The Kier molecular flexibility index (Phi) is 4.93. The molecule has 2 aliphatic heterocycles. The van der Waals surface area contributed by atoms with Crippen molar-refractivity contribution < 1.29 is 9.59 Å². The molecule has 0 saturated carbocycles. The van der Waals surface area contributed by atoms with Crippen molar-refractivity contribution in [2.24, 2.45) is 5.92 Å². The van der Waals surface area contributed by atoms with Crippen molar-refractivity contribution in [3.63, 3.8) is 0 Å². The number of hydrogen-bond acceptors (Lipinski definition) is 4. The summed E-state index contributed by atoms with van der Waals surface area (Å²) in [6, 6.07) is 0. The quantitative estimate of drug-likeness (QED) is 0.893. The zero-order chi connectivity index (χ0) is 16.2. The molecule has 3 rings (SSSR count). The fourth-order valence-electron chi connectivity index (χ4n) is 3.45. The monoisotopic (exact) mass is 319 g/mol. The number of fused-ring (bicyclic) bond motifs is 1. The number of nitrogens with zero attached hydrogens (tertiary/aromatic N) is 4. The standard InChI is InChI=1S/C16H25N5O2/c1-2-15(22)20-8-5-6-12(11-20)16(23)17-10-14-19-18-13-7-3-4-9-21(13)14/h12H,2-11H2,1H3,(H,17,23)/t12-/m1/s1. The predicted molar refractivity (Wildman–Crippen MR) is 84.4 cm³/mol. The summed E-state index contributed by atoms with van der Waals surface area (Å²) in [4.78, 5) is 26.0. The van der Waals surface area contributed by atoms with Gasteiger partial charge in [0.05, 0.1) is 12.5 Å². The molecule has 1 atom stereocenters. The molecule has 1 aromatic rings. The Morgan fingerprint density at radius 2 is 2.09 bits per heavy atom. The van der Waals surface area contributed by atoms with Gasteiger partial charge in [-0.2, -0.15) is 0 Å². The Balaban J connectivity index is 1.55. The molecule has 0 unspecified atom stereocenters. The van der Waals surface area contributed by atoms with Crippen LogP contribution in [0, 0.1) is 5.92 Å². The van der Waals surface area contributed by atoms with Gasteiger partial charge in [-0.25, -0.2) is 0 Å². The van der Waals surface area contributed by atoms with Crippen molar-refractivity contribution in [2.75, 3.05) is 13.1 Å². The molecule has 126 valence electrons. The average molecular weight is 319 g/mol. The van der Waals surface area contributed by atoms with Gasteiger partial charge in [0, 0.05) is 32.5 Å². The van der Waals surface area contributed by atoms with E-state index >= 15 is 0 Å². The molecule has 1 fully saturated rings. The summed E-state index contributed by atoms with van der Waals surface area (Å²) >= 11 is 0. The molecular weight excluding hydrogens is 294 g/mol. The minimum Gasteiger partial charge on any atom is -0.348 e. The van der Waals surface area contributed by atoms with Gasteiger partial charge in [0.25, 0.3) is 0 Å². The molecule has 0 spiro atoms. The summed E-state index contributed by atoms with van der Waals surface area (Å²) in [6.45, 7) is 4.53. The molecule has 0 radical (unpaired) electrons. The minimum atomic E-state index is -0.108. The topological polar surface area (TPSA) is 80.1 Å². The first kappa shape index (κ1) is 16.0. The number of rotatable bonds is 4. The summed E-state index contributed by atoms with van der Waals surface area (Å²) in [5, 5.41) is 11.4. The number of nitrogens with one attached hydrogen (secondary N) is 1. The van der Waals surface area contributed by atoms with E-state index in [4.69, 9.17) is 0 Å². The first-order chi connectivity index (χ1) is 11.2. The highest BCUT2D eigenvalue weighted by Crippen LogP contribution is 2.18. The van der Waals surface area contributed by atoms with Crippen LogP contribution in [0.2, 0.25) is 0 Å². The molecule has 0 aromatic carbocycles. The molecular formula is C16H25N5O2. The van der Waals surface area contributed by atoms with Gasteiger partial charge >= 0.3 is 0 Å².